The smallest absolute Gasteiger partial charge is 0.305 e. The van der Waals surface area contributed by atoms with Gasteiger partial charge in [0.2, 0.25) is 0 Å². The van der Waals surface area contributed by atoms with E-state index >= 15 is 0 Å². The number of methoxy groups -OCH3 is 1. The van der Waals surface area contributed by atoms with Gasteiger partial charge < -0.3 is 14.2 Å². The summed E-state index contributed by atoms with van der Waals surface area (Å²) in [6, 6.07) is 0. The van der Waals surface area contributed by atoms with E-state index in [0.717, 1.165) is 25.7 Å². The van der Waals surface area contributed by atoms with Gasteiger partial charge >= 0.3 is 5.97 Å². The molecule has 0 bridgehead atoms. The summed E-state index contributed by atoms with van der Waals surface area (Å²) in [5.74, 6) is -0.144. The number of hydrogen-bond acceptors (Lipinski definition) is 4. The molecule has 0 radical (unpaired) electrons. The highest BCUT2D eigenvalue weighted by Gasteiger charge is 2.11. The van der Waals surface area contributed by atoms with Crippen LogP contribution < -0.4 is 0 Å². The summed E-state index contributed by atoms with van der Waals surface area (Å²) < 4.78 is 16.0. The van der Waals surface area contributed by atoms with E-state index in [9.17, 15) is 4.79 Å². The van der Waals surface area contributed by atoms with Crippen LogP contribution in [-0.4, -0.2) is 31.6 Å². The molecule has 0 aliphatic carbocycles. The molecule has 0 atom stereocenters. The molecule has 0 N–H and O–H groups in total. The Hall–Kier alpha value is -1.13. The molecule has 0 fully saturated rings. The number of carbonyl (C=O) groups excluding carboxylic acids is 1. The molecule has 22 heavy (non-hydrogen) atoms. The zero-order chi connectivity index (χ0) is 16.8. The van der Waals surface area contributed by atoms with Crippen LogP contribution in [0.3, 0.4) is 0 Å². The van der Waals surface area contributed by atoms with E-state index in [-0.39, 0.29) is 24.5 Å². The van der Waals surface area contributed by atoms with Crippen molar-refractivity contribution in [2.24, 2.45) is 0 Å². The fraction of sp³-hybridized carbons (Fsp3) is 0.722. The van der Waals surface area contributed by atoms with Crippen molar-refractivity contribution in [2.75, 3.05) is 7.11 Å². The van der Waals surface area contributed by atoms with Crippen LogP contribution in [0.15, 0.2) is 24.3 Å². The second-order valence-corrected chi connectivity index (χ2v) is 5.68. The van der Waals surface area contributed by atoms with E-state index in [1.54, 1.807) is 0 Å². The van der Waals surface area contributed by atoms with Crippen molar-refractivity contribution in [3.63, 3.8) is 0 Å². The molecule has 0 aliphatic rings. The second kappa shape index (κ2) is 13.5. The number of esters is 1. The molecule has 4 nitrogen and oxygen atoms in total. The second-order valence-electron chi connectivity index (χ2n) is 5.68. The fourth-order valence-corrected chi connectivity index (χ4v) is 1.81. The predicted molar refractivity (Wildman–Crippen MR) is 89.6 cm³/mol. The fourth-order valence-electron chi connectivity index (χ4n) is 1.81. The summed E-state index contributed by atoms with van der Waals surface area (Å²) in [5, 5.41) is 0. The third-order valence-electron chi connectivity index (χ3n) is 2.76. The maximum atomic E-state index is 10.9. The Balaban J connectivity index is 3.83. The number of carbonyl (C=O) groups is 1. The Morgan fingerprint density at radius 2 is 1.55 bits per heavy atom. The van der Waals surface area contributed by atoms with Gasteiger partial charge in [0.25, 0.3) is 0 Å². The Morgan fingerprint density at radius 3 is 2.09 bits per heavy atom. The SMILES string of the molecule is COC(=O)CCC/C=C\C/C=C\CC(OC(C)C)OC(C)C. The largest absolute Gasteiger partial charge is 0.469 e. The van der Waals surface area contributed by atoms with Crippen LogP contribution in [0.5, 0.6) is 0 Å². The van der Waals surface area contributed by atoms with Crippen molar-refractivity contribution < 1.29 is 19.0 Å². The highest BCUT2D eigenvalue weighted by molar-refractivity contribution is 5.68. The van der Waals surface area contributed by atoms with Gasteiger partial charge in [-0.15, -0.1) is 0 Å². The summed E-state index contributed by atoms with van der Waals surface area (Å²) in [4.78, 5) is 10.9. The molecule has 0 saturated heterocycles. The summed E-state index contributed by atoms with van der Waals surface area (Å²) in [5.41, 5.74) is 0. The minimum Gasteiger partial charge on any atom is -0.469 e. The monoisotopic (exact) mass is 312 g/mol. The lowest BCUT2D eigenvalue weighted by Crippen LogP contribution is -2.23. The standard InChI is InChI=1S/C18H32O4/c1-15(2)21-18(22-16(3)4)14-12-10-8-6-7-9-11-13-17(19)20-5/h6-7,10,12,15-16,18H,8-9,11,13-14H2,1-5H3/b7-6-,12-10-. The van der Waals surface area contributed by atoms with Crippen molar-refractivity contribution >= 4 is 5.97 Å². The lowest BCUT2D eigenvalue weighted by Gasteiger charge is -2.21. The lowest BCUT2D eigenvalue weighted by molar-refractivity contribution is -0.178. The topological polar surface area (TPSA) is 44.8 Å². The van der Waals surface area contributed by atoms with Gasteiger partial charge in [0, 0.05) is 12.8 Å². The Morgan fingerprint density at radius 1 is 0.955 bits per heavy atom. The highest BCUT2D eigenvalue weighted by atomic mass is 16.7. The first kappa shape index (κ1) is 20.9. The third-order valence-corrected chi connectivity index (χ3v) is 2.76. The maximum absolute atomic E-state index is 10.9. The first-order chi connectivity index (χ1) is 10.5. The average molecular weight is 312 g/mol. The third kappa shape index (κ3) is 13.8. The Kier molecular flexibility index (Phi) is 12.8. The van der Waals surface area contributed by atoms with Crippen LogP contribution >= 0.6 is 0 Å². The molecule has 0 aliphatic heterocycles. The first-order valence-corrected chi connectivity index (χ1v) is 8.13. The van der Waals surface area contributed by atoms with Crippen molar-refractivity contribution in [1.82, 2.24) is 0 Å². The quantitative estimate of drug-likeness (QED) is 0.232. The van der Waals surface area contributed by atoms with Gasteiger partial charge in [-0.3, -0.25) is 4.79 Å². The number of unbranched alkanes of at least 4 members (excludes halogenated alkanes) is 1. The van der Waals surface area contributed by atoms with E-state index in [4.69, 9.17) is 9.47 Å². The van der Waals surface area contributed by atoms with Crippen LogP contribution in [0, 0.1) is 0 Å². The molecular weight excluding hydrogens is 280 g/mol. The molecule has 4 heteroatoms. The molecule has 0 rings (SSSR count). The zero-order valence-corrected chi connectivity index (χ0v) is 14.7. The van der Waals surface area contributed by atoms with Gasteiger partial charge in [-0.25, -0.2) is 0 Å². The van der Waals surface area contributed by atoms with E-state index < -0.39 is 0 Å². The number of rotatable bonds is 12. The van der Waals surface area contributed by atoms with Crippen LogP contribution in [0.2, 0.25) is 0 Å². The van der Waals surface area contributed by atoms with Crippen molar-refractivity contribution in [3.8, 4) is 0 Å². The molecule has 0 aromatic heterocycles. The summed E-state index contributed by atoms with van der Waals surface area (Å²) in [7, 11) is 1.42. The zero-order valence-electron chi connectivity index (χ0n) is 14.7. The molecule has 0 heterocycles. The number of ether oxygens (including phenoxy) is 3. The van der Waals surface area contributed by atoms with Crippen LogP contribution in [0.1, 0.15) is 59.8 Å². The molecule has 0 spiro atoms. The molecule has 0 aromatic rings. The van der Waals surface area contributed by atoms with Crippen molar-refractivity contribution in [2.45, 2.75) is 78.3 Å². The normalized spacial score (nSPS) is 12.4. The van der Waals surface area contributed by atoms with Gasteiger partial charge in [-0.2, -0.15) is 0 Å². The Labute approximate surface area is 135 Å². The van der Waals surface area contributed by atoms with Crippen LogP contribution in [0.25, 0.3) is 0 Å². The summed E-state index contributed by atoms with van der Waals surface area (Å²) in [6.07, 6.45) is 12.4. The highest BCUT2D eigenvalue weighted by Crippen LogP contribution is 2.09. The molecule has 0 unspecified atom stereocenters. The van der Waals surface area contributed by atoms with E-state index in [1.807, 2.05) is 27.7 Å². The van der Waals surface area contributed by atoms with E-state index in [1.165, 1.54) is 7.11 Å². The van der Waals surface area contributed by atoms with Crippen molar-refractivity contribution in [1.29, 1.82) is 0 Å². The Bertz CT molecular complexity index is 322. The van der Waals surface area contributed by atoms with Crippen molar-refractivity contribution in [3.05, 3.63) is 24.3 Å². The summed E-state index contributed by atoms with van der Waals surface area (Å²) in [6.45, 7) is 8.05. The molecular formula is C18H32O4. The van der Waals surface area contributed by atoms with Gasteiger partial charge in [-0.05, 0) is 47.0 Å². The minimum atomic E-state index is -0.180. The molecule has 0 aromatic carbocycles. The van der Waals surface area contributed by atoms with Gasteiger partial charge in [0.05, 0.1) is 19.3 Å². The van der Waals surface area contributed by atoms with Gasteiger partial charge in [-0.1, -0.05) is 24.3 Å². The maximum Gasteiger partial charge on any atom is 0.305 e. The first-order valence-electron chi connectivity index (χ1n) is 8.13. The van der Waals surface area contributed by atoms with Crippen LogP contribution in [-0.2, 0) is 19.0 Å². The van der Waals surface area contributed by atoms with Crippen LogP contribution in [0.4, 0.5) is 0 Å². The van der Waals surface area contributed by atoms with Gasteiger partial charge in [0.1, 0.15) is 0 Å². The minimum absolute atomic E-state index is 0.144. The molecule has 0 amide bonds. The summed E-state index contributed by atoms with van der Waals surface area (Å²) >= 11 is 0. The number of hydrogen-bond donors (Lipinski definition) is 0. The molecule has 128 valence electrons. The lowest BCUT2D eigenvalue weighted by atomic mass is 10.2. The van der Waals surface area contributed by atoms with E-state index in [2.05, 4.69) is 29.0 Å². The predicted octanol–water partition coefficient (Wildman–Crippen LogP) is 4.40. The average Bonchev–Trinajstić information content (AvgIpc) is 2.43. The van der Waals surface area contributed by atoms with E-state index in [0.29, 0.717) is 6.42 Å². The number of allylic oxidation sites excluding steroid dienone is 3. The van der Waals surface area contributed by atoms with Gasteiger partial charge in [0.15, 0.2) is 6.29 Å². The molecule has 0 saturated carbocycles.